The molecular formula is C20H23N3O4. The summed E-state index contributed by atoms with van der Waals surface area (Å²) in [5, 5.41) is 2.78. The van der Waals surface area contributed by atoms with E-state index >= 15 is 0 Å². The highest BCUT2D eigenvalue weighted by molar-refractivity contribution is 6.02. The monoisotopic (exact) mass is 369 g/mol. The molecule has 1 heterocycles. The molecule has 0 aliphatic carbocycles. The van der Waals surface area contributed by atoms with Gasteiger partial charge in [0.25, 0.3) is 0 Å². The molecule has 2 aromatic rings. The minimum Gasteiger partial charge on any atom is -0.449 e. The number of anilines is 1. The number of hydrogen-bond donors (Lipinski definition) is 1. The zero-order valence-electron chi connectivity index (χ0n) is 16.1. The van der Waals surface area contributed by atoms with Crippen molar-refractivity contribution in [2.45, 2.75) is 40.7 Å². The highest BCUT2D eigenvalue weighted by atomic mass is 16.5. The van der Waals surface area contributed by atoms with Crippen LogP contribution in [0.25, 0.3) is 0 Å². The van der Waals surface area contributed by atoms with Crippen LogP contribution in [0.5, 0.6) is 0 Å². The minimum atomic E-state index is -0.976. The lowest BCUT2D eigenvalue weighted by Crippen LogP contribution is -2.27. The summed E-state index contributed by atoms with van der Waals surface area (Å²) in [5.74, 6) is -1.18. The molecule has 27 heavy (non-hydrogen) atoms. The predicted molar refractivity (Wildman–Crippen MR) is 101 cm³/mol. The minimum absolute atomic E-state index is 0.0421. The third-order valence-electron chi connectivity index (χ3n) is 3.75. The highest BCUT2D eigenvalue weighted by Gasteiger charge is 2.23. The molecule has 1 aromatic heterocycles. The van der Waals surface area contributed by atoms with Gasteiger partial charge in [0.05, 0.1) is 11.9 Å². The zero-order valence-corrected chi connectivity index (χ0v) is 16.1. The molecule has 142 valence electrons. The lowest BCUT2D eigenvalue weighted by atomic mass is 9.95. The Balaban J connectivity index is 2.01. The molecule has 2 rings (SSSR count). The van der Waals surface area contributed by atoms with Gasteiger partial charge in [-0.15, -0.1) is 0 Å². The van der Waals surface area contributed by atoms with E-state index in [1.807, 2.05) is 20.8 Å². The fraction of sp³-hybridized carbons (Fsp3) is 0.350. The Bertz CT molecular complexity index is 837. The summed E-state index contributed by atoms with van der Waals surface area (Å²) in [6, 6.07) is 6.43. The van der Waals surface area contributed by atoms with Crippen LogP contribution < -0.4 is 5.32 Å². The van der Waals surface area contributed by atoms with Gasteiger partial charge < -0.3 is 10.1 Å². The van der Waals surface area contributed by atoms with Gasteiger partial charge in [0.1, 0.15) is 0 Å². The molecule has 0 saturated carbocycles. The summed E-state index contributed by atoms with van der Waals surface area (Å²) in [5.41, 5.74) is 1.16. The molecule has 0 bridgehead atoms. The molecule has 0 saturated heterocycles. The molecule has 1 N–H and O–H groups in total. The fourth-order valence-corrected chi connectivity index (χ4v) is 2.04. The van der Waals surface area contributed by atoms with Gasteiger partial charge in [0.15, 0.2) is 11.8 Å². The smallest absolute Gasteiger partial charge is 0.359 e. The molecule has 1 aromatic carbocycles. The molecule has 1 atom stereocenters. The largest absolute Gasteiger partial charge is 0.449 e. The molecule has 0 spiro atoms. The number of nitrogens with one attached hydrogen (secondary N) is 1. The van der Waals surface area contributed by atoms with Crippen LogP contribution in [-0.4, -0.2) is 33.7 Å². The summed E-state index contributed by atoms with van der Waals surface area (Å²) < 4.78 is 5.17. The Labute approximate surface area is 158 Å². The van der Waals surface area contributed by atoms with Gasteiger partial charge in [-0.05, 0) is 38.1 Å². The quantitative estimate of drug-likeness (QED) is 0.642. The topological polar surface area (TPSA) is 98.2 Å². The Kier molecular flexibility index (Phi) is 6.05. The van der Waals surface area contributed by atoms with Crippen LogP contribution in [0.4, 0.5) is 5.69 Å². The Morgan fingerprint density at radius 1 is 1.04 bits per heavy atom. The number of ketones is 1. The van der Waals surface area contributed by atoms with Crippen molar-refractivity contribution in [1.29, 1.82) is 0 Å². The zero-order chi connectivity index (χ0) is 20.2. The molecule has 0 aliphatic rings. The number of benzene rings is 1. The van der Waals surface area contributed by atoms with Gasteiger partial charge in [0.2, 0.25) is 11.7 Å². The Morgan fingerprint density at radius 3 is 2.19 bits per heavy atom. The lowest BCUT2D eigenvalue weighted by Gasteiger charge is -2.18. The summed E-state index contributed by atoms with van der Waals surface area (Å²) in [4.78, 5) is 44.4. The van der Waals surface area contributed by atoms with Crippen molar-refractivity contribution in [2.75, 3.05) is 5.32 Å². The molecule has 7 heteroatoms. The number of hydrogen-bond acceptors (Lipinski definition) is 6. The van der Waals surface area contributed by atoms with Crippen molar-refractivity contribution < 1.29 is 19.1 Å². The van der Waals surface area contributed by atoms with Crippen LogP contribution in [0.15, 0.2) is 36.7 Å². The number of aryl methyl sites for hydroxylation is 1. The molecule has 0 aliphatic heterocycles. The normalized spacial score (nSPS) is 12.2. The van der Waals surface area contributed by atoms with Crippen LogP contribution in [-0.2, 0) is 9.53 Å². The number of carbonyl (C=O) groups excluding carboxylic acids is 3. The summed E-state index contributed by atoms with van der Waals surface area (Å²) in [7, 11) is 0. The van der Waals surface area contributed by atoms with E-state index in [-0.39, 0.29) is 17.4 Å². The fourth-order valence-electron chi connectivity index (χ4n) is 2.04. The first kappa shape index (κ1) is 20.2. The van der Waals surface area contributed by atoms with E-state index in [0.717, 1.165) is 0 Å². The second-order valence-corrected chi connectivity index (χ2v) is 7.24. The van der Waals surface area contributed by atoms with Crippen LogP contribution in [0.1, 0.15) is 54.2 Å². The third-order valence-corrected chi connectivity index (χ3v) is 3.75. The van der Waals surface area contributed by atoms with E-state index in [1.165, 1.54) is 19.3 Å². The Hall–Kier alpha value is -3.09. The van der Waals surface area contributed by atoms with Crippen LogP contribution in [0, 0.1) is 12.3 Å². The van der Waals surface area contributed by atoms with Gasteiger partial charge >= 0.3 is 5.97 Å². The third kappa shape index (κ3) is 5.44. The second-order valence-electron chi connectivity index (χ2n) is 7.24. The summed E-state index contributed by atoms with van der Waals surface area (Å²) in [6.07, 6.45) is 1.78. The molecule has 0 unspecified atom stereocenters. The maximum Gasteiger partial charge on any atom is 0.359 e. The highest BCUT2D eigenvalue weighted by Crippen LogP contribution is 2.18. The number of amides is 1. The number of ether oxygens (including phenoxy) is 1. The van der Waals surface area contributed by atoms with Crippen molar-refractivity contribution in [3.8, 4) is 0 Å². The van der Waals surface area contributed by atoms with Crippen molar-refractivity contribution >= 4 is 23.3 Å². The Morgan fingerprint density at radius 2 is 1.67 bits per heavy atom. The van der Waals surface area contributed by atoms with E-state index in [9.17, 15) is 14.4 Å². The van der Waals surface area contributed by atoms with Gasteiger partial charge in [-0.1, -0.05) is 20.8 Å². The second kappa shape index (κ2) is 8.07. The summed E-state index contributed by atoms with van der Waals surface area (Å²) >= 11 is 0. The SMILES string of the molecule is Cc1cnc(C(=O)O[C@H](C)C(=O)c2ccc(NC(=O)C(C)(C)C)cc2)cn1. The van der Waals surface area contributed by atoms with Crippen molar-refractivity contribution in [3.05, 3.63) is 53.6 Å². The van der Waals surface area contributed by atoms with Crippen LogP contribution >= 0.6 is 0 Å². The lowest BCUT2D eigenvalue weighted by molar-refractivity contribution is -0.123. The molecule has 0 radical (unpaired) electrons. The predicted octanol–water partition coefficient (Wildman–Crippen LogP) is 3.20. The van der Waals surface area contributed by atoms with E-state index in [2.05, 4.69) is 15.3 Å². The average molecular weight is 369 g/mol. The van der Waals surface area contributed by atoms with Gasteiger partial charge in [0, 0.05) is 22.9 Å². The number of nitrogens with zero attached hydrogens (tertiary/aromatic N) is 2. The maximum atomic E-state index is 12.5. The number of aromatic nitrogens is 2. The van der Waals surface area contributed by atoms with Gasteiger partial charge in [-0.2, -0.15) is 0 Å². The molecule has 7 nitrogen and oxygen atoms in total. The first-order valence-electron chi connectivity index (χ1n) is 8.53. The van der Waals surface area contributed by atoms with E-state index in [1.54, 1.807) is 31.2 Å². The first-order valence-corrected chi connectivity index (χ1v) is 8.53. The number of rotatable bonds is 5. The average Bonchev–Trinajstić information content (AvgIpc) is 2.61. The van der Waals surface area contributed by atoms with E-state index in [4.69, 9.17) is 4.74 Å². The molecule has 1 amide bonds. The van der Waals surface area contributed by atoms with E-state index < -0.39 is 17.5 Å². The first-order chi connectivity index (χ1) is 12.6. The number of carbonyl (C=O) groups is 3. The van der Waals surface area contributed by atoms with Crippen molar-refractivity contribution in [2.24, 2.45) is 5.41 Å². The van der Waals surface area contributed by atoms with Gasteiger partial charge in [-0.3, -0.25) is 14.6 Å². The van der Waals surface area contributed by atoms with E-state index in [0.29, 0.717) is 16.9 Å². The van der Waals surface area contributed by atoms with Crippen molar-refractivity contribution in [1.82, 2.24) is 9.97 Å². The van der Waals surface area contributed by atoms with Gasteiger partial charge in [-0.25, -0.2) is 9.78 Å². The number of Topliss-reactive ketones (excluding diaryl/α,β-unsaturated/α-hetero) is 1. The van der Waals surface area contributed by atoms with Crippen LogP contribution in [0.3, 0.4) is 0 Å². The molecular weight excluding hydrogens is 346 g/mol. The summed E-state index contributed by atoms with van der Waals surface area (Å²) in [6.45, 7) is 8.69. The standard InChI is InChI=1S/C20H23N3O4/c1-12-10-22-16(11-21-12)18(25)27-13(2)17(24)14-6-8-15(9-7-14)23-19(26)20(3,4)5/h6-11,13H,1-5H3,(H,23,26)/t13-/m1/s1. The van der Waals surface area contributed by atoms with Crippen LogP contribution in [0.2, 0.25) is 0 Å². The number of esters is 1. The van der Waals surface area contributed by atoms with Crippen molar-refractivity contribution in [3.63, 3.8) is 0 Å². The maximum absolute atomic E-state index is 12.5. The molecule has 0 fully saturated rings.